The SMILES string of the molecule is Cc1c(C(=O)NS)c(-c2cccc(N3CCN(c4ccc(N)cc4)CC3)c2)c(-c2ccc(F)cc2)n1C. The van der Waals surface area contributed by atoms with E-state index in [0.717, 1.165) is 65.6 Å². The van der Waals surface area contributed by atoms with Gasteiger partial charge in [-0.05, 0) is 78.7 Å². The maximum Gasteiger partial charge on any atom is 0.263 e. The van der Waals surface area contributed by atoms with Gasteiger partial charge in [-0.25, -0.2) is 4.39 Å². The van der Waals surface area contributed by atoms with Gasteiger partial charge >= 0.3 is 0 Å². The monoisotopic (exact) mass is 515 g/mol. The molecule has 0 bridgehead atoms. The highest BCUT2D eigenvalue weighted by atomic mass is 32.1. The zero-order valence-corrected chi connectivity index (χ0v) is 21.8. The first-order valence-corrected chi connectivity index (χ1v) is 12.7. The van der Waals surface area contributed by atoms with Crippen LogP contribution in [0.15, 0.2) is 72.8 Å². The van der Waals surface area contributed by atoms with Crippen LogP contribution in [-0.2, 0) is 7.05 Å². The van der Waals surface area contributed by atoms with Crippen LogP contribution in [0, 0.1) is 12.7 Å². The lowest BCUT2D eigenvalue weighted by atomic mass is 9.96. The highest BCUT2D eigenvalue weighted by Gasteiger charge is 2.26. The molecule has 0 spiro atoms. The number of hydrogen-bond acceptors (Lipinski definition) is 5. The summed E-state index contributed by atoms with van der Waals surface area (Å²) in [4.78, 5) is 17.7. The first kappa shape index (κ1) is 24.8. The molecule has 37 heavy (non-hydrogen) atoms. The van der Waals surface area contributed by atoms with Crippen molar-refractivity contribution in [3.63, 3.8) is 0 Å². The molecular weight excluding hydrogens is 485 g/mol. The average molecular weight is 516 g/mol. The molecule has 8 heteroatoms. The Labute approximate surface area is 222 Å². The van der Waals surface area contributed by atoms with Crippen molar-refractivity contribution in [3.8, 4) is 22.4 Å². The summed E-state index contributed by atoms with van der Waals surface area (Å²) in [5, 5.41) is 0. The van der Waals surface area contributed by atoms with Crippen LogP contribution in [0.1, 0.15) is 16.1 Å². The van der Waals surface area contributed by atoms with E-state index in [-0.39, 0.29) is 11.7 Å². The van der Waals surface area contributed by atoms with E-state index in [1.54, 1.807) is 12.1 Å². The fraction of sp³-hybridized carbons (Fsp3) is 0.207. The summed E-state index contributed by atoms with van der Waals surface area (Å²) in [7, 11) is 1.92. The molecule has 0 radical (unpaired) electrons. The van der Waals surface area contributed by atoms with Crippen LogP contribution in [0.5, 0.6) is 0 Å². The van der Waals surface area contributed by atoms with Gasteiger partial charge in [0.15, 0.2) is 0 Å². The molecule has 1 fully saturated rings. The van der Waals surface area contributed by atoms with Crippen LogP contribution in [-0.4, -0.2) is 36.7 Å². The van der Waals surface area contributed by atoms with Crippen molar-refractivity contribution < 1.29 is 9.18 Å². The molecule has 1 aliphatic rings. The molecule has 6 nitrogen and oxygen atoms in total. The number of nitrogens with zero attached hydrogens (tertiary/aromatic N) is 3. The predicted octanol–water partition coefficient (Wildman–Crippen LogP) is 5.29. The van der Waals surface area contributed by atoms with E-state index >= 15 is 0 Å². The smallest absolute Gasteiger partial charge is 0.263 e. The molecule has 0 unspecified atom stereocenters. The van der Waals surface area contributed by atoms with Crippen molar-refractivity contribution >= 4 is 35.8 Å². The molecule has 3 N–H and O–H groups in total. The lowest BCUT2D eigenvalue weighted by Crippen LogP contribution is -2.46. The maximum absolute atomic E-state index is 13.7. The summed E-state index contributed by atoms with van der Waals surface area (Å²) in [6.07, 6.45) is 0. The topological polar surface area (TPSA) is 66.5 Å². The van der Waals surface area contributed by atoms with Gasteiger partial charge in [0.2, 0.25) is 0 Å². The van der Waals surface area contributed by atoms with Gasteiger partial charge in [-0.2, -0.15) is 0 Å². The molecular formula is C29H30FN5OS. The first-order chi connectivity index (χ1) is 17.9. The maximum atomic E-state index is 13.7. The Hall–Kier alpha value is -3.91. The molecule has 1 saturated heterocycles. The van der Waals surface area contributed by atoms with E-state index < -0.39 is 0 Å². The van der Waals surface area contributed by atoms with E-state index in [4.69, 9.17) is 5.73 Å². The number of carbonyl (C=O) groups is 1. The number of halogens is 1. The van der Waals surface area contributed by atoms with E-state index in [2.05, 4.69) is 51.6 Å². The number of amides is 1. The van der Waals surface area contributed by atoms with E-state index in [9.17, 15) is 9.18 Å². The van der Waals surface area contributed by atoms with Gasteiger partial charge in [0.1, 0.15) is 5.82 Å². The van der Waals surface area contributed by atoms with Gasteiger partial charge in [-0.3, -0.25) is 9.52 Å². The molecule has 4 aromatic rings. The largest absolute Gasteiger partial charge is 0.399 e. The number of benzene rings is 3. The van der Waals surface area contributed by atoms with Crippen LogP contribution in [0.4, 0.5) is 21.5 Å². The number of hydrogen-bond donors (Lipinski definition) is 3. The third kappa shape index (κ3) is 4.76. The molecule has 5 rings (SSSR count). The van der Waals surface area contributed by atoms with Crippen LogP contribution < -0.4 is 20.3 Å². The van der Waals surface area contributed by atoms with Crippen molar-refractivity contribution in [2.24, 2.45) is 7.05 Å². The number of nitrogens with one attached hydrogen (secondary N) is 1. The Morgan fingerprint density at radius 3 is 2.14 bits per heavy atom. The minimum absolute atomic E-state index is 0.276. The molecule has 1 aromatic heterocycles. The second-order valence-corrected chi connectivity index (χ2v) is 9.53. The van der Waals surface area contributed by atoms with Crippen LogP contribution in [0.25, 0.3) is 22.4 Å². The molecule has 2 heterocycles. The molecule has 0 saturated carbocycles. The first-order valence-electron chi connectivity index (χ1n) is 12.2. The molecule has 190 valence electrons. The van der Waals surface area contributed by atoms with Crippen molar-refractivity contribution in [2.45, 2.75) is 6.92 Å². The zero-order chi connectivity index (χ0) is 26.1. The number of thiol groups is 1. The van der Waals surface area contributed by atoms with Gasteiger partial charge in [0.05, 0.1) is 11.3 Å². The normalized spacial score (nSPS) is 13.6. The predicted molar refractivity (Wildman–Crippen MR) is 153 cm³/mol. The number of rotatable bonds is 5. The van der Waals surface area contributed by atoms with E-state index in [0.29, 0.717) is 5.56 Å². The fourth-order valence-corrected chi connectivity index (χ4v) is 5.24. The van der Waals surface area contributed by atoms with Gasteiger partial charge in [0.25, 0.3) is 5.91 Å². The van der Waals surface area contributed by atoms with Crippen LogP contribution in [0.3, 0.4) is 0 Å². The quantitative estimate of drug-likeness (QED) is 0.250. The minimum Gasteiger partial charge on any atom is -0.399 e. The van der Waals surface area contributed by atoms with Gasteiger partial charge in [-0.1, -0.05) is 24.9 Å². The third-order valence-electron chi connectivity index (χ3n) is 7.17. The Bertz CT molecular complexity index is 1420. The van der Waals surface area contributed by atoms with E-state index in [1.807, 2.05) is 42.8 Å². The Balaban J connectivity index is 1.51. The minimum atomic E-state index is -0.301. The van der Waals surface area contributed by atoms with Crippen LogP contribution >= 0.6 is 12.8 Å². The number of aromatic nitrogens is 1. The standard InChI is InChI=1S/C29H30FN5OS/c1-19-26(29(36)32-37)27(28(33(19)2)20-6-8-22(30)9-7-20)21-4-3-5-25(18-21)35-16-14-34(15-17-35)24-12-10-23(31)11-13-24/h3-13,18,37H,14-17,31H2,1-2H3,(H,32,36). The summed E-state index contributed by atoms with van der Waals surface area (Å²) in [6.45, 7) is 5.45. The highest BCUT2D eigenvalue weighted by molar-refractivity contribution is 7.78. The molecule has 0 atom stereocenters. The number of nitrogen functional groups attached to an aromatic ring is 1. The summed E-state index contributed by atoms with van der Waals surface area (Å²) < 4.78 is 18.2. The molecule has 3 aromatic carbocycles. The van der Waals surface area contributed by atoms with Crippen molar-refractivity contribution in [3.05, 3.63) is 89.9 Å². The summed E-state index contributed by atoms with van der Waals surface area (Å²) >= 11 is 4.05. The second-order valence-electron chi connectivity index (χ2n) is 9.31. The second kappa shape index (κ2) is 10.2. The summed E-state index contributed by atoms with van der Waals surface area (Å²) in [6, 6.07) is 22.7. The van der Waals surface area contributed by atoms with Gasteiger partial charge < -0.3 is 20.1 Å². The lowest BCUT2D eigenvalue weighted by molar-refractivity contribution is 0.0985. The fourth-order valence-electron chi connectivity index (χ4n) is 5.13. The summed E-state index contributed by atoms with van der Waals surface area (Å²) in [5.74, 6) is -0.577. The van der Waals surface area contributed by atoms with Crippen molar-refractivity contribution in [1.82, 2.24) is 9.29 Å². The Kier molecular flexibility index (Phi) is 6.84. The zero-order valence-electron chi connectivity index (χ0n) is 20.9. The number of anilines is 3. The highest BCUT2D eigenvalue weighted by Crippen LogP contribution is 2.40. The lowest BCUT2D eigenvalue weighted by Gasteiger charge is -2.37. The summed E-state index contributed by atoms with van der Waals surface area (Å²) in [5.41, 5.74) is 13.7. The Morgan fingerprint density at radius 2 is 1.51 bits per heavy atom. The third-order valence-corrected chi connectivity index (χ3v) is 7.37. The van der Waals surface area contributed by atoms with Gasteiger partial charge in [-0.15, -0.1) is 0 Å². The molecule has 1 aliphatic heterocycles. The molecule has 0 aliphatic carbocycles. The number of piperazine rings is 1. The van der Waals surface area contributed by atoms with E-state index in [1.165, 1.54) is 17.8 Å². The van der Waals surface area contributed by atoms with Crippen molar-refractivity contribution in [1.29, 1.82) is 0 Å². The Morgan fingerprint density at radius 1 is 0.892 bits per heavy atom. The number of nitrogens with two attached hydrogens (primary N) is 1. The van der Waals surface area contributed by atoms with Gasteiger partial charge in [0, 0.05) is 61.5 Å². The van der Waals surface area contributed by atoms with Crippen LogP contribution in [0.2, 0.25) is 0 Å². The molecule has 1 amide bonds. The number of carbonyl (C=O) groups excluding carboxylic acids is 1. The van der Waals surface area contributed by atoms with Crippen molar-refractivity contribution in [2.75, 3.05) is 41.7 Å². The average Bonchev–Trinajstić information content (AvgIpc) is 3.19.